The monoisotopic (exact) mass is 315 g/mol. The SMILES string of the molecule is [2H]C([2H])([2H])N1CCC[C@@H]1Cc1c(C(F)(F)F)[nH]c2ccc(OC)cc12. The normalized spacial score (nSPS) is 22.5. The molecule has 3 nitrogen and oxygen atoms in total. The molecule has 0 radical (unpaired) electrons. The molecule has 1 fully saturated rings. The van der Waals surface area contributed by atoms with Gasteiger partial charge in [0.05, 0.1) is 7.11 Å². The molecule has 1 aliphatic rings. The number of nitrogens with one attached hydrogen (secondary N) is 1. The lowest BCUT2D eigenvalue weighted by Gasteiger charge is -2.20. The van der Waals surface area contributed by atoms with Gasteiger partial charge < -0.3 is 14.6 Å². The van der Waals surface area contributed by atoms with Crippen molar-refractivity contribution in [2.24, 2.45) is 0 Å². The topological polar surface area (TPSA) is 28.3 Å². The van der Waals surface area contributed by atoms with Crippen molar-refractivity contribution in [1.82, 2.24) is 9.88 Å². The molecule has 2 aromatic rings. The number of nitrogens with zero attached hydrogens (tertiary/aromatic N) is 1. The zero-order valence-electron chi connectivity index (χ0n) is 15.1. The summed E-state index contributed by atoms with van der Waals surface area (Å²) in [6.45, 7) is -1.93. The van der Waals surface area contributed by atoms with Gasteiger partial charge in [-0.1, -0.05) is 0 Å². The molecule has 6 heteroatoms. The van der Waals surface area contributed by atoms with E-state index in [4.69, 9.17) is 8.85 Å². The van der Waals surface area contributed by atoms with E-state index >= 15 is 0 Å². The van der Waals surface area contributed by atoms with E-state index in [2.05, 4.69) is 4.98 Å². The Balaban J connectivity index is 2.07. The van der Waals surface area contributed by atoms with E-state index in [1.807, 2.05) is 0 Å². The molecule has 120 valence electrons. The highest BCUT2D eigenvalue weighted by Gasteiger charge is 2.37. The number of rotatable bonds is 3. The number of hydrogen-bond acceptors (Lipinski definition) is 2. The van der Waals surface area contributed by atoms with Gasteiger partial charge in [0, 0.05) is 21.1 Å². The second-order valence-electron chi connectivity index (χ2n) is 5.58. The molecule has 1 aliphatic heterocycles. The van der Waals surface area contributed by atoms with Gasteiger partial charge in [-0.3, -0.25) is 0 Å². The number of aromatic amines is 1. The van der Waals surface area contributed by atoms with Gasteiger partial charge in [-0.05, 0) is 56.5 Å². The molecule has 3 rings (SSSR count). The highest BCUT2D eigenvalue weighted by atomic mass is 19.4. The number of likely N-dealkylation sites (N-methyl/N-ethyl adjacent to an activating group) is 1. The average molecular weight is 315 g/mol. The summed E-state index contributed by atoms with van der Waals surface area (Å²) in [5.41, 5.74) is -0.350. The third-order valence-electron chi connectivity index (χ3n) is 4.21. The summed E-state index contributed by atoms with van der Waals surface area (Å²) in [7, 11) is 1.45. The number of alkyl halides is 3. The molecule has 0 unspecified atom stereocenters. The van der Waals surface area contributed by atoms with Crippen LogP contribution in [0.25, 0.3) is 10.9 Å². The predicted molar refractivity (Wildman–Crippen MR) is 79.2 cm³/mol. The van der Waals surface area contributed by atoms with Crippen LogP contribution in [0, 0.1) is 0 Å². The van der Waals surface area contributed by atoms with Crippen molar-refractivity contribution < 1.29 is 22.0 Å². The molecule has 2 heterocycles. The lowest BCUT2D eigenvalue weighted by Crippen LogP contribution is -2.27. The minimum atomic E-state index is -4.54. The Morgan fingerprint density at radius 2 is 2.27 bits per heavy atom. The molecule has 22 heavy (non-hydrogen) atoms. The number of aromatic nitrogens is 1. The maximum Gasteiger partial charge on any atom is 0.431 e. The Bertz CT molecular complexity index is 770. The van der Waals surface area contributed by atoms with Gasteiger partial charge in [0.15, 0.2) is 0 Å². The second kappa shape index (κ2) is 5.50. The van der Waals surface area contributed by atoms with Crippen LogP contribution in [0.3, 0.4) is 0 Å². The standard InChI is InChI=1S/C16H19F3N2O/c1-21-7-3-4-10(21)8-13-12-9-11(22-2)5-6-14(12)20-15(13)16(17,18)19/h5-6,9-10,20H,3-4,7-8H2,1-2H3/t10-/m1/s1/i1D3. The number of fused-ring (bicyclic) bond motifs is 1. The van der Waals surface area contributed by atoms with E-state index < -0.39 is 24.9 Å². The fourth-order valence-electron chi connectivity index (χ4n) is 3.09. The van der Waals surface area contributed by atoms with Crippen LogP contribution in [0.4, 0.5) is 13.2 Å². The van der Waals surface area contributed by atoms with Crippen LogP contribution in [0.1, 0.15) is 28.2 Å². The maximum atomic E-state index is 13.5. The number of benzene rings is 1. The van der Waals surface area contributed by atoms with Crippen molar-refractivity contribution in [3.8, 4) is 5.75 Å². The van der Waals surface area contributed by atoms with Gasteiger partial charge in [-0.15, -0.1) is 0 Å². The first-order chi connectivity index (χ1) is 11.6. The summed E-state index contributed by atoms with van der Waals surface area (Å²) in [5.74, 6) is 0.459. The smallest absolute Gasteiger partial charge is 0.431 e. The third-order valence-corrected chi connectivity index (χ3v) is 4.21. The highest BCUT2D eigenvalue weighted by Crippen LogP contribution is 2.38. The number of likely N-dealkylation sites (tertiary alicyclic amines) is 1. The first-order valence-electron chi connectivity index (χ1n) is 8.64. The zero-order valence-corrected chi connectivity index (χ0v) is 12.1. The maximum absolute atomic E-state index is 13.5. The van der Waals surface area contributed by atoms with Crippen molar-refractivity contribution >= 4 is 10.9 Å². The van der Waals surface area contributed by atoms with Crippen LogP contribution >= 0.6 is 0 Å². The predicted octanol–water partition coefficient (Wildman–Crippen LogP) is 3.83. The van der Waals surface area contributed by atoms with Crippen molar-refractivity contribution in [3.63, 3.8) is 0 Å². The number of ether oxygens (including phenoxy) is 1. The fourth-order valence-corrected chi connectivity index (χ4v) is 3.09. The lowest BCUT2D eigenvalue weighted by atomic mass is 10.0. The van der Waals surface area contributed by atoms with Gasteiger partial charge >= 0.3 is 6.18 Å². The lowest BCUT2D eigenvalue weighted by molar-refractivity contribution is -0.141. The van der Waals surface area contributed by atoms with E-state index in [-0.39, 0.29) is 12.0 Å². The Morgan fingerprint density at radius 3 is 2.95 bits per heavy atom. The Kier molecular flexibility index (Phi) is 2.96. The quantitative estimate of drug-likeness (QED) is 0.932. The van der Waals surface area contributed by atoms with Crippen LogP contribution in [0.2, 0.25) is 0 Å². The molecule has 0 aliphatic carbocycles. The average Bonchev–Trinajstić information content (AvgIpc) is 3.11. The molecular weight excluding hydrogens is 293 g/mol. The van der Waals surface area contributed by atoms with Crippen LogP contribution in [0.15, 0.2) is 18.2 Å². The molecule has 1 aromatic heterocycles. The van der Waals surface area contributed by atoms with Crippen LogP contribution < -0.4 is 4.74 Å². The van der Waals surface area contributed by atoms with Gasteiger partial charge in [-0.2, -0.15) is 13.2 Å². The van der Waals surface area contributed by atoms with E-state index in [0.717, 1.165) is 0 Å². The largest absolute Gasteiger partial charge is 0.497 e. The zero-order chi connectivity index (χ0) is 18.4. The molecular formula is C16H19F3N2O. The third kappa shape index (κ3) is 2.67. The Hall–Kier alpha value is -1.69. The van der Waals surface area contributed by atoms with Crippen molar-refractivity contribution in [3.05, 3.63) is 29.5 Å². The van der Waals surface area contributed by atoms with E-state index in [1.54, 1.807) is 18.2 Å². The number of halogens is 3. The highest BCUT2D eigenvalue weighted by molar-refractivity contribution is 5.86. The van der Waals surface area contributed by atoms with Crippen LogP contribution in [-0.4, -0.2) is 36.6 Å². The first-order valence-corrected chi connectivity index (χ1v) is 7.14. The fraction of sp³-hybridized carbons (Fsp3) is 0.500. The second-order valence-corrected chi connectivity index (χ2v) is 5.58. The molecule has 1 atom stereocenters. The number of H-pyrrole nitrogens is 1. The summed E-state index contributed by atoms with van der Waals surface area (Å²) >= 11 is 0. The first kappa shape index (κ1) is 11.8. The van der Waals surface area contributed by atoms with Crippen molar-refractivity contribution in [2.45, 2.75) is 31.5 Å². The summed E-state index contributed by atoms with van der Waals surface area (Å²) in [6.07, 6.45) is -3.28. The molecule has 0 saturated carbocycles. The molecule has 1 N–H and O–H groups in total. The van der Waals surface area contributed by atoms with Gasteiger partial charge in [0.1, 0.15) is 11.4 Å². The summed E-state index contributed by atoms with van der Waals surface area (Å²) in [6, 6.07) is 4.25. The molecule has 0 bridgehead atoms. The Labute approximate surface area is 131 Å². The van der Waals surface area contributed by atoms with Crippen molar-refractivity contribution in [2.75, 3.05) is 20.6 Å². The van der Waals surface area contributed by atoms with Gasteiger partial charge in [-0.25, -0.2) is 0 Å². The molecule has 1 aromatic carbocycles. The Morgan fingerprint density at radius 1 is 1.45 bits per heavy atom. The van der Waals surface area contributed by atoms with Crippen molar-refractivity contribution in [1.29, 1.82) is 0 Å². The van der Waals surface area contributed by atoms with Crippen LogP contribution in [0.5, 0.6) is 5.75 Å². The summed E-state index contributed by atoms with van der Waals surface area (Å²) in [5, 5.41) is 0.420. The molecule has 0 spiro atoms. The minimum Gasteiger partial charge on any atom is -0.497 e. The van der Waals surface area contributed by atoms with Gasteiger partial charge in [0.25, 0.3) is 0 Å². The van der Waals surface area contributed by atoms with E-state index in [0.29, 0.717) is 36.0 Å². The van der Waals surface area contributed by atoms with E-state index in [1.165, 1.54) is 12.0 Å². The van der Waals surface area contributed by atoms with Crippen LogP contribution in [-0.2, 0) is 12.6 Å². The van der Waals surface area contributed by atoms with Gasteiger partial charge in [0.2, 0.25) is 0 Å². The van der Waals surface area contributed by atoms with E-state index in [9.17, 15) is 13.2 Å². The summed E-state index contributed by atoms with van der Waals surface area (Å²) in [4.78, 5) is 3.77. The molecule has 1 saturated heterocycles. The number of hydrogen-bond donors (Lipinski definition) is 1. The molecule has 0 amide bonds. The number of methoxy groups -OCH3 is 1. The minimum absolute atomic E-state index is 0.0282. The summed E-state index contributed by atoms with van der Waals surface area (Å²) < 4.78 is 68.4.